The molecule has 0 spiro atoms. The fraction of sp³-hybridized carbons (Fsp3) is 0.370. The predicted molar refractivity (Wildman–Crippen MR) is 119 cm³/mol. The minimum atomic E-state index is -0.198. The van der Waals surface area contributed by atoms with E-state index in [0.717, 1.165) is 19.4 Å². The fourth-order valence-electron chi connectivity index (χ4n) is 6.34. The van der Waals surface area contributed by atoms with Crippen molar-refractivity contribution in [3.05, 3.63) is 89.0 Å². The lowest BCUT2D eigenvalue weighted by atomic mass is 9.70. The topological polar surface area (TPSA) is 29.5 Å². The van der Waals surface area contributed by atoms with Gasteiger partial charge in [0.25, 0.3) is 0 Å². The molecule has 0 fully saturated rings. The van der Waals surface area contributed by atoms with E-state index in [1.54, 1.807) is 0 Å². The van der Waals surface area contributed by atoms with Crippen LogP contribution in [0.15, 0.2) is 66.8 Å². The maximum atomic E-state index is 12.7. The van der Waals surface area contributed by atoms with Crippen molar-refractivity contribution in [3.63, 3.8) is 0 Å². The minimum Gasteiger partial charge on any atom is -0.462 e. The van der Waals surface area contributed by atoms with Crippen LogP contribution in [-0.2, 0) is 4.74 Å². The normalized spacial score (nSPS) is 30.0. The summed E-state index contributed by atoms with van der Waals surface area (Å²) in [5.74, 6) is 1.66. The lowest BCUT2D eigenvalue weighted by Gasteiger charge is -2.51. The zero-order valence-electron chi connectivity index (χ0n) is 17.3. The van der Waals surface area contributed by atoms with Gasteiger partial charge in [0.2, 0.25) is 0 Å². The molecule has 152 valence electrons. The third-order valence-electron chi connectivity index (χ3n) is 7.50. The molecule has 30 heavy (non-hydrogen) atoms. The summed E-state index contributed by atoms with van der Waals surface area (Å²) >= 11 is 0. The van der Waals surface area contributed by atoms with Gasteiger partial charge in [-0.05, 0) is 60.4 Å². The molecule has 2 aliphatic heterocycles. The van der Waals surface area contributed by atoms with Gasteiger partial charge in [-0.25, -0.2) is 4.79 Å². The van der Waals surface area contributed by atoms with Crippen LogP contribution in [0.5, 0.6) is 0 Å². The van der Waals surface area contributed by atoms with Gasteiger partial charge in [-0.1, -0.05) is 54.6 Å². The Morgan fingerprint density at radius 1 is 1.03 bits per heavy atom. The Labute approximate surface area is 178 Å². The number of anilines is 1. The molecule has 0 bridgehead atoms. The molecule has 0 saturated carbocycles. The first-order valence-corrected chi connectivity index (χ1v) is 11.3. The Morgan fingerprint density at radius 2 is 1.77 bits per heavy atom. The number of benzene rings is 2. The second-order valence-corrected chi connectivity index (χ2v) is 9.03. The lowest BCUT2D eigenvalue weighted by molar-refractivity contribution is 0.0526. The third kappa shape index (κ3) is 2.54. The van der Waals surface area contributed by atoms with Crippen LogP contribution in [0.4, 0.5) is 5.69 Å². The van der Waals surface area contributed by atoms with Crippen LogP contribution in [0, 0.1) is 11.8 Å². The Balaban J connectivity index is 1.57. The van der Waals surface area contributed by atoms with Crippen LogP contribution >= 0.6 is 0 Å². The summed E-state index contributed by atoms with van der Waals surface area (Å²) in [5, 5.41) is 0. The number of hydrogen-bond acceptors (Lipinski definition) is 3. The lowest BCUT2D eigenvalue weighted by Crippen LogP contribution is -2.46. The first-order valence-electron chi connectivity index (χ1n) is 11.3. The van der Waals surface area contributed by atoms with Crippen molar-refractivity contribution in [2.24, 2.45) is 11.8 Å². The highest BCUT2D eigenvalue weighted by Crippen LogP contribution is 2.58. The van der Waals surface area contributed by atoms with Crippen LogP contribution in [0.3, 0.4) is 0 Å². The Kier molecular flexibility index (Phi) is 4.12. The van der Waals surface area contributed by atoms with E-state index in [1.807, 2.05) is 6.92 Å². The van der Waals surface area contributed by atoms with Crippen LogP contribution in [-0.4, -0.2) is 19.1 Å². The third-order valence-corrected chi connectivity index (χ3v) is 7.50. The van der Waals surface area contributed by atoms with Gasteiger partial charge in [0.15, 0.2) is 0 Å². The molecule has 2 aliphatic carbocycles. The smallest absolute Gasteiger partial charge is 0.338 e. The highest BCUT2D eigenvalue weighted by atomic mass is 16.5. The van der Waals surface area contributed by atoms with Gasteiger partial charge in [0.05, 0.1) is 18.2 Å². The molecule has 0 unspecified atom stereocenters. The van der Waals surface area contributed by atoms with E-state index in [0.29, 0.717) is 41.9 Å². The zero-order chi connectivity index (χ0) is 20.2. The number of allylic oxidation sites excluding steroid dienone is 4. The van der Waals surface area contributed by atoms with Gasteiger partial charge in [0, 0.05) is 24.1 Å². The van der Waals surface area contributed by atoms with Gasteiger partial charge >= 0.3 is 5.97 Å². The van der Waals surface area contributed by atoms with Crippen molar-refractivity contribution in [1.82, 2.24) is 0 Å². The monoisotopic (exact) mass is 397 g/mol. The van der Waals surface area contributed by atoms with Gasteiger partial charge in [-0.15, -0.1) is 0 Å². The van der Waals surface area contributed by atoms with E-state index in [-0.39, 0.29) is 5.97 Å². The van der Waals surface area contributed by atoms with Crippen LogP contribution in [0.2, 0.25) is 0 Å². The molecule has 3 nitrogen and oxygen atoms in total. The number of nitrogens with zero attached hydrogens (tertiary/aromatic N) is 1. The average molecular weight is 398 g/mol. The first-order chi connectivity index (χ1) is 14.8. The highest BCUT2D eigenvalue weighted by molar-refractivity contribution is 5.92. The average Bonchev–Trinajstić information content (AvgIpc) is 3.44. The number of rotatable bonds is 3. The molecule has 3 heteroatoms. The van der Waals surface area contributed by atoms with Crippen molar-refractivity contribution in [2.45, 2.75) is 37.6 Å². The summed E-state index contributed by atoms with van der Waals surface area (Å²) in [6.07, 6.45) is 11.6. The number of ether oxygens (including phenoxy) is 1. The van der Waals surface area contributed by atoms with Crippen molar-refractivity contribution in [3.8, 4) is 0 Å². The standard InChI is InChI=1S/C27H27NO2/c1-2-30-27(29)19-14-23-20-11-6-10-18(20)16-28-25(17-8-4-3-5-9-17)22-13-7-12-21(22)24(15-19)26(23)28/h3-9,11-12,14-15,18,20-22,25H,2,10,13,16H2,1H3/t18-,20+,21-,22-,25+/m1/s1. The molecule has 0 N–H and O–H groups in total. The van der Waals surface area contributed by atoms with Crippen LogP contribution in [0.1, 0.15) is 64.7 Å². The van der Waals surface area contributed by atoms with Crippen LogP contribution in [0.25, 0.3) is 0 Å². The maximum Gasteiger partial charge on any atom is 0.338 e. The Morgan fingerprint density at radius 3 is 2.57 bits per heavy atom. The number of esters is 1. The Bertz CT molecular complexity index is 1040. The second-order valence-electron chi connectivity index (χ2n) is 9.03. The molecule has 2 aromatic carbocycles. The minimum absolute atomic E-state index is 0.198. The van der Waals surface area contributed by atoms with E-state index in [1.165, 1.54) is 22.4 Å². The van der Waals surface area contributed by atoms with E-state index in [2.05, 4.69) is 71.7 Å². The fourth-order valence-corrected chi connectivity index (χ4v) is 6.34. The summed E-state index contributed by atoms with van der Waals surface area (Å²) in [6.45, 7) is 3.36. The predicted octanol–water partition coefficient (Wildman–Crippen LogP) is 5.76. The highest BCUT2D eigenvalue weighted by Gasteiger charge is 2.48. The summed E-state index contributed by atoms with van der Waals surface area (Å²) < 4.78 is 5.39. The first kappa shape index (κ1) is 18.0. The van der Waals surface area contributed by atoms with Crippen molar-refractivity contribution in [2.75, 3.05) is 18.1 Å². The quantitative estimate of drug-likeness (QED) is 0.487. The number of carbonyl (C=O) groups excluding carboxylic acids is 1. The van der Waals surface area contributed by atoms with E-state index < -0.39 is 0 Å². The molecular formula is C27H27NO2. The molecule has 0 aromatic heterocycles. The summed E-state index contributed by atoms with van der Waals surface area (Å²) in [4.78, 5) is 15.4. The molecule has 5 atom stereocenters. The second kappa shape index (κ2) is 6.87. The van der Waals surface area contributed by atoms with E-state index in [9.17, 15) is 4.79 Å². The van der Waals surface area contributed by atoms with Gasteiger partial charge < -0.3 is 9.64 Å². The number of carbonyl (C=O) groups is 1. The van der Waals surface area contributed by atoms with Crippen molar-refractivity contribution in [1.29, 1.82) is 0 Å². The SMILES string of the molecule is CCOC(=O)c1cc2c3c(c1)[C@@H]1C=CC[C@H]1[C@H](c1ccccc1)N3C[C@H]1CC=C[C@H]21. The molecule has 0 radical (unpaired) electrons. The number of fused-ring (bicyclic) bond motifs is 4. The molecule has 0 amide bonds. The van der Waals surface area contributed by atoms with Crippen molar-refractivity contribution < 1.29 is 9.53 Å². The zero-order valence-corrected chi connectivity index (χ0v) is 17.3. The molecule has 2 aromatic rings. The van der Waals surface area contributed by atoms with Gasteiger partial charge in [-0.2, -0.15) is 0 Å². The molecule has 6 rings (SSSR count). The van der Waals surface area contributed by atoms with Gasteiger partial charge in [-0.3, -0.25) is 0 Å². The van der Waals surface area contributed by atoms with E-state index >= 15 is 0 Å². The molecule has 2 heterocycles. The Hall–Kier alpha value is -2.81. The molecule has 4 aliphatic rings. The summed E-state index contributed by atoms with van der Waals surface area (Å²) in [5.41, 5.74) is 6.13. The molecular weight excluding hydrogens is 370 g/mol. The maximum absolute atomic E-state index is 12.7. The number of hydrogen-bond donors (Lipinski definition) is 0. The van der Waals surface area contributed by atoms with Crippen LogP contribution < -0.4 is 4.90 Å². The van der Waals surface area contributed by atoms with Crippen molar-refractivity contribution >= 4 is 11.7 Å². The summed E-state index contributed by atoms with van der Waals surface area (Å²) in [7, 11) is 0. The summed E-state index contributed by atoms with van der Waals surface area (Å²) in [6, 6.07) is 15.6. The largest absolute Gasteiger partial charge is 0.462 e. The molecule has 0 saturated heterocycles. The van der Waals surface area contributed by atoms with Gasteiger partial charge in [0.1, 0.15) is 0 Å². The van der Waals surface area contributed by atoms with E-state index in [4.69, 9.17) is 4.74 Å².